The van der Waals surface area contributed by atoms with Crippen LogP contribution in [0, 0.1) is 13.8 Å². The Balaban J connectivity index is 1.64. The molecule has 6 nitrogen and oxygen atoms in total. The number of rotatable bonds is 4. The second-order valence-corrected chi connectivity index (χ2v) is 9.89. The van der Waals surface area contributed by atoms with Crippen LogP contribution in [0.25, 0.3) is 10.9 Å². The lowest BCUT2D eigenvalue weighted by atomic mass is 10.1. The molecule has 1 atom stereocenters. The standard InChI is InChI=1S/C22H21BrN2O4S/c1-14-5-8-20(15(2)12-14)30(27,28)29-21-4-3-11-25(21)22(26)17-9-10-24-19-7-6-16(23)13-18(17)19/h5-10,12-13,21H,3-4,11H2,1-2H3. The minimum Gasteiger partial charge on any atom is -0.311 e. The number of nitrogens with zero attached hydrogens (tertiary/aromatic N) is 2. The number of aryl methyl sites for hydroxylation is 2. The summed E-state index contributed by atoms with van der Waals surface area (Å²) < 4.78 is 32.2. The minimum absolute atomic E-state index is 0.130. The fourth-order valence-corrected chi connectivity index (χ4v) is 5.45. The van der Waals surface area contributed by atoms with Gasteiger partial charge in [-0.25, -0.2) is 4.18 Å². The Morgan fingerprint density at radius 3 is 2.73 bits per heavy atom. The maximum absolute atomic E-state index is 13.3. The number of benzene rings is 2. The van der Waals surface area contributed by atoms with Crippen LogP contribution in [-0.2, 0) is 14.3 Å². The van der Waals surface area contributed by atoms with Crippen molar-refractivity contribution < 1.29 is 17.4 Å². The molecule has 1 fully saturated rings. The van der Waals surface area contributed by atoms with Gasteiger partial charge in [-0.05, 0) is 62.6 Å². The second-order valence-electron chi connectivity index (χ2n) is 7.43. The van der Waals surface area contributed by atoms with E-state index in [-0.39, 0.29) is 10.8 Å². The first-order chi connectivity index (χ1) is 14.3. The fraction of sp³-hybridized carbons (Fsp3) is 0.273. The number of carbonyl (C=O) groups excluding carboxylic acids is 1. The van der Waals surface area contributed by atoms with Gasteiger partial charge in [-0.15, -0.1) is 0 Å². The van der Waals surface area contributed by atoms with Gasteiger partial charge in [0.05, 0.1) is 16.0 Å². The average molecular weight is 489 g/mol. The first-order valence-corrected chi connectivity index (χ1v) is 11.8. The number of hydrogen-bond acceptors (Lipinski definition) is 5. The highest BCUT2D eigenvalue weighted by molar-refractivity contribution is 9.10. The molecule has 3 aromatic rings. The Bertz CT molecular complexity index is 1240. The zero-order chi connectivity index (χ0) is 21.5. The first kappa shape index (κ1) is 21.0. The van der Waals surface area contributed by atoms with E-state index in [0.29, 0.717) is 41.4 Å². The third-order valence-electron chi connectivity index (χ3n) is 5.23. The van der Waals surface area contributed by atoms with E-state index >= 15 is 0 Å². The summed E-state index contributed by atoms with van der Waals surface area (Å²) in [6.45, 7) is 4.07. The number of halogens is 1. The van der Waals surface area contributed by atoms with Crippen molar-refractivity contribution in [2.45, 2.75) is 37.8 Å². The summed E-state index contributed by atoms with van der Waals surface area (Å²) in [5.41, 5.74) is 2.76. The molecule has 0 aliphatic carbocycles. The normalized spacial score (nSPS) is 16.9. The highest BCUT2D eigenvalue weighted by Crippen LogP contribution is 2.29. The van der Waals surface area contributed by atoms with Crippen LogP contribution in [0.15, 0.2) is 58.0 Å². The molecule has 1 unspecified atom stereocenters. The molecule has 30 heavy (non-hydrogen) atoms. The van der Waals surface area contributed by atoms with Gasteiger partial charge in [0.2, 0.25) is 0 Å². The molecule has 1 aliphatic rings. The topological polar surface area (TPSA) is 76.6 Å². The summed E-state index contributed by atoms with van der Waals surface area (Å²) in [6.07, 6.45) is 1.88. The maximum Gasteiger partial charge on any atom is 0.299 e. The Morgan fingerprint density at radius 1 is 1.17 bits per heavy atom. The third kappa shape index (κ3) is 3.99. The molecule has 0 saturated carbocycles. The van der Waals surface area contributed by atoms with E-state index in [2.05, 4.69) is 20.9 Å². The molecule has 0 spiro atoms. The highest BCUT2D eigenvalue weighted by Gasteiger charge is 2.35. The van der Waals surface area contributed by atoms with E-state index in [9.17, 15) is 13.2 Å². The van der Waals surface area contributed by atoms with Crippen molar-refractivity contribution in [3.05, 3.63) is 69.8 Å². The van der Waals surface area contributed by atoms with E-state index in [0.717, 1.165) is 10.0 Å². The molecule has 0 N–H and O–H groups in total. The molecule has 156 valence electrons. The number of hydrogen-bond donors (Lipinski definition) is 0. The van der Waals surface area contributed by atoms with Crippen molar-refractivity contribution in [1.29, 1.82) is 0 Å². The van der Waals surface area contributed by atoms with Crippen LogP contribution in [0.4, 0.5) is 0 Å². The molecule has 4 rings (SSSR count). The molecular weight excluding hydrogens is 468 g/mol. The molecule has 8 heteroatoms. The number of likely N-dealkylation sites (tertiary alicyclic amines) is 1. The summed E-state index contributed by atoms with van der Waals surface area (Å²) in [6, 6.07) is 12.3. The van der Waals surface area contributed by atoms with E-state index in [4.69, 9.17) is 4.18 Å². The quantitative estimate of drug-likeness (QED) is 0.502. The van der Waals surface area contributed by atoms with Gasteiger partial charge in [-0.3, -0.25) is 9.78 Å². The fourth-order valence-electron chi connectivity index (χ4n) is 3.81. The number of pyridine rings is 1. The third-order valence-corrected chi connectivity index (χ3v) is 7.20. The van der Waals surface area contributed by atoms with Crippen molar-refractivity contribution in [1.82, 2.24) is 9.88 Å². The first-order valence-electron chi connectivity index (χ1n) is 9.62. The molecule has 1 aliphatic heterocycles. The molecule has 2 heterocycles. The van der Waals surface area contributed by atoms with Crippen LogP contribution in [-0.4, -0.2) is 37.0 Å². The number of fused-ring (bicyclic) bond motifs is 1. The predicted octanol–water partition coefficient (Wildman–Crippen LogP) is 4.58. The smallest absolute Gasteiger partial charge is 0.299 e. The van der Waals surface area contributed by atoms with Crippen LogP contribution < -0.4 is 0 Å². The molecule has 1 saturated heterocycles. The summed E-state index contributed by atoms with van der Waals surface area (Å²) in [7, 11) is -4.00. The van der Waals surface area contributed by atoms with Crippen molar-refractivity contribution in [2.24, 2.45) is 0 Å². The lowest BCUT2D eigenvalue weighted by Gasteiger charge is -2.25. The van der Waals surface area contributed by atoms with Gasteiger partial charge in [-0.1, -0.05) is 33.6 Å². The number of amides is 1. The van der Waals surface area contributed by atoms with Crippen LogP contribution in [0.5, 0.6) is 0 Å². The van der Waals surface area contributed by atoms with Crippen molar-refractivity contribution in [3.8, 4) is 0 Å². The largest absolute Gasteiger partial charge is 0.311 e. The predicted molar refractivity (Wildman–Crippen MR) is 118 cm³/mol. The van der Waals surface area contributed by atoms with Gasteiger partial charge < -0.3 is 4.90 Å². The zero-order valence-electron chi connectivity index (χ0n) is 16.6. The van der Waals surface area contributed by atoms with Gasteiger partial charge in [0.25, 0.3) is 16.0 Å². The summed E-state index contributed by atoms with van der Waals surface area (Å²) >= 11 is 3.43. The maximum atomic E-state index is 13.3. The van der Waals surface area contributed by atoms with Gasteiger partial charge in [0.1, 0.15) is 0 Å². The van der Waals surface area contributed by atoms with Gasteiger partial charge in [0, 0.05) is 22.6 Å². The summed E-state index contributed by atoms with van der Waals surface area (Å²) in [5, 5.41) is 0.708. The molecule has 0 radical (unpaired) electrons. The second kappa shape index (κ2) is 8.09. The van der Waals surface area contributed by atoms with Crippen molar-refractivity contribution >= 4 is 42.9 Å². The van der Waals surface area contributed by atoms with Gasteiger partial charge in [-0.2, -0.15) is 8.42 Å². The molecule has 2 aromatic carbocycles. The highest BCUT2D eigenvalue weighted by atomic mass is 79.9. The van der Waals surface area contributed by atoms with Crippen LogP contribution in [0.1, 0.15) is 34.3 Å². The summed E-state index contributed by atoms with van der Waals surface area (Å²) in [5.74, 6) is -0.265. The molecule has 1 amide bonds. The van der Waals surface area contributed by atoms with Crippen molar-refractivity contribution in [2.75, 3.05) is 6.54 Å². The molecule has 1 aromatic heterocycles. The Labute approximate surface area is 184 Å². The summed E-state index contributed by atoms with van der Waals surface area (Å²) in [4.78, 5) is 19.3. The average Bonchev–Trinajstić information content (AvgIpc) is 3.14. The van der Waals surface area contributed by atoms with Crippen molar-refractivity contribution in [3.63, 3.8) is 0 Å². The molecular formula is C22H21BrN2O4S. The lowest BCUT2D eigenvalue weighted by molar-refractivity contribution is 0.0430. The van der Waals surface area contributed by atoms with Crippen LogP contribution in [0.3, 0.4) is 0 Å². The minimum atomic E-state index is -4.00. The zero-order valence-corrected chi connectivity index (χ0v) is 19.0. The Kier molecular flexibility index (Phi) is 5.65. The van der Waals surface area contributed by atoms with Crippen LogP contribution >= 0.6 is 15.9 Å². The van der Waals surface area contributed by atoms with Gasteiger partial charge in [0.15, 0.2) is 6.23 Å². The number of carbonyl (C=O) groups is 1. The molecule has 0 bridgehead atoms. The van der Waals surface area contributed by atoms with Gasteiger partial charge >= 0.3 is 0 Å². The van der Waals surface area contributed by atoms with Crippen LogP contribution in [0.2, 0.25) is 0 Å². The van der Waals surface area contributed by atoms with E-state index < -0.39 is 16.3 Å². The Hall–Kier alpha value is -2.29. The Morgan fingerprint density at radius 2 is 1.97 bits per heavy atom. The monoisotopic (exact) mass is 488 g/mol. The van der Waals surface area contributed by atoms with E-state index in [1.54, 1.807) is 37.4 Å². The van der Waals surface area contributed by atoms with E-state index in [1.807, 2.05) is 25.1 Å². The lowest BCUT2D eigenvalue weighted by Crippen LogP contribution is -2.38. The van der Waals surface area contributed by atoms with E-state index in [1.165, 1.54) is 4.90 Å². The number of aromatic nitrogens is 1. The SMILES string of the molecule is Cc1ccc(S(=O)(=O)OC2CCCN2C(=O)c2ccnc3ccc(Br)cc23)c(C)c1.